The first-order valence-electron chi connectivity index (χ1n) is 7.15. The monoisotopic (exact) mass is 255 g/mol. The average molecular weight is 255 g/mol. The zero-order valence-corrected chi connectivity index (χ0v) is 11.4. The Morgan fingerprint density at radius 2 is 2.11 bits per heavy atom. The Morgan fingerprint density at radius 1 is 1.26 bits per heavy atom. The van der Waals surface area contributed by atoms with Crippen LogP contribution in [0, 0.1) is 5.92 Å². The van der Waals surface area contributed by atoms with Gasteiger partial charge in [-0.15, -0.1) is 0 Å². The molecule has 0 radical (unpaired) electrons. The maximum Gasteiger partial charge on any atom is 0.0645 e. The Bertz CT molecular complexity index is 501. The molecule has 3 rings (SSSR count). The molecule has 2 aromatic rings. The summed E-state index contributed by atoms with van der Waals surface area (Å²) >= 11 is 0. The van der Waals surface area contributed by atoms with Crippen molar-refractivity contribution in [3.05, 3.63) is 48.3 Å². The summed E-state index contributed by atoms with van der Waals surface area (Å²) in [6.07, 6.45) is 7.84. The summed E-state index contributed by atoms with van der Waals surface area (Å²) in [6.45, 7) is 3.32. The van der Waals surface area contributed by atoms with E-state index in [1.165, 1.54) is 24.8 Å². The van der Waals surface area contributed by atoms with Crippen molar-refractivity contribution in [2.75, 3.05) is 0 Å². The van der Waals surface area contributed by atoms with E-state index >= 15 is 0 Å². The van der Waals surface area contributed by atoms with E-state index in [0.29, 0.717) is 6.04 Å². The highest BCUT2D eigenvalue weighted by Crippen LogP contribution is 2.25. The van der Waals surface area contributed by atoms with Crippen molar-refractivity contribution in [3.63, 3.8) is 0 Å². The summed E-state index contributed by atoms with van der Waals surface area (Å²) in [6, 6.07) is 11.3. The molecule has 1 N–H and O–H groups in total. The standard InChI is InChI=1S/C16H21N3/c1-13-4-2-5-16(13)17-12-14-6-8-15(9-7-14)19-11-3-10-18-19/h3,6-11,13,16-17H,2,4-5,12H2,1H3. The normalized spacial score (nSPS) is 22.8. The van der Waals surface area contributed by atoms with Gasteiger partial charge in [0.2, 0.25) is 0 Å². The van der Waals surface area contributed by atoms with Gasteiger partial charge < -0.3 is 5.32 Å². The van der Waals surface area contributed by atoms with Gasteiger partial charge in [-0.05, 0) is 42.5 Å². The number of aromatic nitrogens is 2. The van der Waals surface area contributed by atoms with E-state index in [-0.39, 0.29) is 0 Å². The Morgan fingerprint density at radius 3 is 2.74 bits per heavy atom. The molecule has 2 atom stereocenters. The van der Waals surface area contributed by atoms with Gasteiger partial charge in [0.1, 0.15) is 0 Å². The summed E-state index contributed by atoms with van der Waals surface area (Å²) in [5.41, 5.74) is 2.46. The summed E-state index contributed by atoms with van der Waals surface area (Å²) < 4.78 is 1.89. The van der Waals surface area contributed by atoms with E-state index in [2.05, 4.69) is 41.6 Å². The highest BCUT2D eigenvalue weighted by atomic mass is 15.3. The molecule has 100 valence electrons. The van der Waals surface area contributed by atoms with Crippen LogP contribution in [-0.2, 0) is 6.54 Å². The molecule has 1 aliphatic rings. The van der Waals surface area contributed by atoms with Gasteiger partial charge in [0.25, 0.3) is 0 Å². The summed E-state index contributed by atoms with van der Waals surface area (Å²) in [5, 5.41) is 7.92. The first-order chi connectivity index (χ1) is 9.33. The molecule has 1 aliphatic carbocycles. The average Bonchev–Trinajstić information content (AvgIpc) is 3.09. The molecule has 0 bridgehead atoms. The van der Waals surface area contributed by atoms with Gasteiger partial charge >= 0.3 is 0 Å². The second-order valence-electron chi connectivity index (χ2n) is 5.51. The van der Waals surface area contributed by atoms with E-state index in [9.17, 15) is 0 Å². The van der Waals surface area contributed by atoms with Crippen LogP contribution in [0.15, 0.2) is 42.7 Å². The topological polar surface area (TPSA) is 29.9 Å². The third kappa shape index (κ3) is 2.87. The predicted molar refractivity (Wildman–Crippen MR) is 77.2 cm³/mol. The molecule has 0 spiro atoms. The van der Waals surface area contributed by atoms with Gasteiger partial charge in [0.05, 0.1) is 5.69 Å². The van der Waals surface area contributed by atoms with E-state index in [4.69, 9.17) is 0 Å². The fraction of sp³-hybridized carbons (Fsp3) is 0.438. The van der Waals surface area contributed by atoms with Gasteiger partial charge in [0, 0.05) is 25.0 Å². The molecule has 1 saturated carbocycles. The molecule has 3 heteroatoms. The molecule has 0 aliphatic heterocycles. The molecule has 3 nitrogen and oxygen atoms in total. The van der Waals surface area contributed by atoms with Crippen LogP contribution in [0.25, 0.3) is 5.69 Å². The third-order valence-electron chi connectivity index (χ3n) is 4.14. The van der Waals surface area contributed by atoms with Gasteiger partial charge in [-0.2, -0.15) is 5.10 Å². The van der Waals surface area contributed by atoms with E-state index in [1.807, 2.05) is 16.9 Å². The lowest BCUT2D eigenvalue weighted by molar-refractivity contribution is 0.426. The molecule has 2 unspecified atom stereocenters. The van der Waals surface area contributed by atoms with Crippen LogP contribution in [-0.4, -0.2) is 15.8 Å². The van der Waals surface area contributed by atoms with Crippen LogP contribution in [0.3, 0.4) is 0 Å². The van der Waals surface area contributed by atoms with Gasteiger partial charge in [-0.1, -0.05) is 25.5 Å². The largest absolute Gasteiger partial charge is 0.310 e. The number of hydrogen-bond acceptors (Lipinski definition) is 2. The second-order valence-corrected chi connectivity index (χ2v) is 5.51. The molecule has 0 amide bonds. The SMILES string of the molecule is CC1CCCC1NCc1ccc(-n2cccn2)cc1. The molecular formula is C16H21N3. The molecule has 0 saturated heterocycles. The molecule has 1 heterocycles. The van der Waals surface area contributed by atoms with Crippen LogP contribution < -0.4 is 5.32 Å². The Labute approximate surface area is 114 Å². The minimum absolute atomic E-state index is 0.700. The zero-order chi connectivity index (χ0) is 13.1. The highest BCUT2D eigenvalue weighted by Gasteiger charge is 2.22. The molecular weight excluding hydrogens is 234 g/mol. The van der Waals surface area contributed by atoms with Gasteiger partial charge in [-0.3, -0.25) is 0 Å². The van der Waals surface area contributed by atoms with Crippen LogP contribution >= 0.6 is 0 Å². The first-order valence-corrected chi connectivity index (χ1v) is 7.15. The second kappa shape index (κ2) is 5.57. The first kappa shape index (κ1) is 12.4. The van der Waals surface area contributed by atoms with Crippen molar-refractivity contribution >= 4 is 0 Å². The van der Waals surface area contributed by atoms with Gasteiger partial charge in [0.15, 0.2) is 0 Å². The number of rotatable bonds is 4. The third-order valence-corrected chi connectivity index (χ3v) is 4.14. The summed E-state index contributed by atoms with van der Waals surface area (Å²) in [4.78, 5) is 0. The van der Waals surface area contributed by atoms with E-state index < -0.39 is 0 Å². The number of nitrogens with zero attached hydrogens (tertiary/aromatic N) is 2. The lowest BCUT2D eigenvalue weighted by atomic mass is 10.1. The lowest BCUT2D eigenvalue weighted by Gasteiger charge is -2.17. The fourth-order valence-electron chi connectivity index (χ4n) is 2.89. The highest BCUT2D eigenvalue weighted by molar-refractivity contribution is 5.33. The molecule has 19 heavy (non-hydrogen) atoms. The lowest BCUT2D eigenvalue weighted by Crippen LogP contribution is -2.30. The fourth-order valence-corrected chi connectivity index (χ4v) is 2.89. The molecule has 1 aromatic carbocycles. The van der Waals surface area contributed by atoms with Crippen molar-refractivity contribution in [2.45, 2.75) is 38.8 Å². The summed E-state index contributed by atoms with van der Waals surface area (Å²) in [7, 11) is 0. The minimum atomic E-state index is 0.700. The van der Waals surface area contributed by atoms with Crippen LogP contribution in [0.5, 0.6) is 0 Å². The Hall–Kier alpha value is -1.61. The van der Waals surface area contributed by atoms with Crippen molar-refractivity contribution in [1.82, 2.24) is 15.1 Å². The predicted octanol–water partition coefficient (Wildman–Crippen LogP) is 3.15. The Balaban J connectivity index is 1.60. The smallest absolute Gasteiger partial charge is 0.0645 e. The van der Waals surface area contributed by atoms with Crippen molar-refractivity contribution < 1.29 is 0 Å². The summed E-state index contributed by atoms with van der Waals surface area (Å²) in [5.74, 6) is 0.823. The number of nitrogens with one attached hydrogen (secondary N) is 1. The molecule has 1 aromatic heterocycles. The van der Waals surface area contributed by atoms with E-state index in [0.717, 1.165) is 18.2 Å². The number of hydrogen-bond donors (Lipinski definition) is 1. The van der Waals surface area contributed by atoms with Crippen LogP contribution in [0.1, 0.15) is 31.7 Å². The van der Waals surface area contributed by atoms with Crippen LogP contribution in [0.4, 0.5) is 0 Å². The quantitative estimate of drug-likeness (QED) is 0.909. The van der Waals surface area contributed by atoms with Crippen molar-refractivity contribution in [3.8, 4) is 5.69 Å². The Kier molecular flexibility index (Phi) is 3.65. The van der Waals surface area contributed by atoms with E-state index in [1.54, 1.807) is 6.20 Å². The zero-order valence-electron chi connectivity index (χ0n) is 11.4. The minimum Gasteiger partial charge on any atom is -0.310 e. The maximum atomic E-state index is 4.24. The molecule has 1 fully saturated rings. The maximum absolute atomic E-state index is 4.24. The number of benzene rings is 1. The van der Waals surface area contributed by atoms with Crippen LogP contribution in [0.2, 0.25) is 0 Å². The van der Waals surface area contributed by atoms with Gasteiger partial charge in [-0.25, -0.2) is 4.68 Å². The van der Waals surface area contributed by atoms with Crippen molar-refractivity contribution in [2.24, 2.45) is 5.92 Å². The van der Waals surface area contributed by atoms with Crippen molar-refractivity contribution in [1.29, 1.82) is 0 Å².